The van der Waals surface area contributed by atoms with Crippen molar-refractivity contribution < 1.29 is 4.79 Å². The molecule has 0 atom stereocenters. The van der Waals surface area contributed by atoms with Crippen molar-refractivity contribution in [2.45, 2.75) is 13.8 Å². The van der Waals surface area contributed by atoms with Gasteiger partial charge in [0.2, 0.25) is 0 Å². The van der Waals surface area contributed by atoms with Crippen molar-refractivity contribution in [3.63, 3.8) is 0 Å². The molecule has 0 bridgehead atoms. The molecule has 1 amide bonds. The SMILES string of the molecule is Cc1ccc(-c2cc(C(=O)Nc3scc(-c4ccc(Cl)cc4Cl)c3C#N)c3ccccc3n2)cc1C. The number of aromatic nitrogens is 1. The van der Waals surface area contributed by atoms with Gasteiger partial charge in [-0.05, 0) is 55.3 Å². The Morgan fingerprint density at radius 1 is 0.972 bits per heavy atom. The molecule has 4 nitrogen and oxygen atoms in total. The summed E-state index contributed by atoms with van der Waals surface area (Å²) in [5.74, 6) is -0.314. The zero-order valence-electron chi connectivity index (χ0n) is 19.4. The van der Waals surface area contributed by atoms with Gasteiger partial charge in [0.05, 0.1) is 22.3 Å². The van der Waals surface area contributed by atoms with Gasteiger partial charge >= 0.3 is 0 Å². The predicted octanol–water partition coefficient (Wildman–Crippen LogP) is 8.68. The van der Waals surface area contributed by atoms with Gasteiger partial charge in [0.25, 0.3) is 5.91 Å². The first kappa shape index (κ1) is 24.0. The molecule has 2 heterocycles. The summed E-state index contributed by atoms with van der Waals surface area (Å²) in [5, 5.41) is 16.8. The highest BCUT2D eigenvalue weighted by atomic mass is 35.5. The molecular formula is C29H19Cl2N3OS. The fourth-order valence-corrected chi connectivity index (χ4v) is 5.47. The summed E-state index contributed by atoms with van der Waals surface area (Å²) in [6, 6.07) is 22.8. The highest BCUT2D eigenvalue weighted by Gasteiger charge is 2.20. The van der Waals surface area contributed by atoms with Crippen molar-refractivity contribution in [3.05, 3.63) is 104 Å². The van der Waals surface area contributed by atoms with Crippen LogP contribution in [-0.2, 0) is 0 Å². The van der Waals surface area contributed by atoms with Gasteiger partial charge in [0, 0.05) is 37.5 Å². The van der Waals surface area contributed by atoms with Crippen LogP contribution in [0.4, 0.5) is 5.00 Å². The number of para-hydroxylation sites is 1. The number of benzene rings is 3. The Bertz CT molecular complexity index is 1700. The van der Waals surface area contributed by atoms with Gasteiger partial charge in [0.1, 0.15) is 11.1 Å². The van der Waals surface area contributed by atoms with Crippen LogP contribution < -0.4 is 5.32 Å². The number of anilines is 1. The molecule has 0 spiro atoms. The van der Waals surface area contributed by atoms with Crippen molar-refractivity contribution in [2.75, 3.05) is 5.32 Å². The molecular weight excluding hydrogens is 509 g/mol. The standard InChI is InChI=1S/C29H19Cl2N3OS/c1-16-7-8-18(11-17(16)2)27-13-22(21-5-3-4-6-26(21)33-27)28(35)34-29-23(14-32)24(15-36-29)20-10-9-19(30)12-25(20)31/h3-13,15H,1-2H3,(H,34,35). The van der Waals surface area contributed by atoms with Crippen molar-refractivity contribution in [2.24, 2.45) is 0 Å². The van der Waals surface area contributed by atoms with Crippen LogP contribution in [0, 0.1) is 25.2 Å². The van der Waals surface area contributed by atoms with Gasteiger partial charge in [-0.1, -0.05) is 59.6 Å². The van der Waals surface area contributed by atoms with E-state index in [1.807, 2.05) is 35.7 Å². The van der Waals surface area contributed by atoms with Crippen molar-refractivity contribution in [1.29, 1.82) is 5.26 Å². The smallest absolute Gasteiger partial charge is 0.257 e. The number of aryl methyl sites for hydroxylation is 2. The molecule has 2 aromatic heterocycles. The molecule has 0 unspecified atom stereocenters. The molecule has 0 fully saturated rings. The molecule has 0 saturated carbocycles. The van der Waals surface area contributed by atoms with Gasteiger partial charge < -0.3 is 5.32 Å². The number of nitrogens with one attached hydrogen (secondary N) is 1. The fourth-order valence-electron chi connectivity index (χ4n) is 4.05. The summed E-state index contributed by atoms with van der Waals surface area (Å²) in [4.78, 5) is 18.4. The minimum absolute atomic E-state index is 0.314. The van der Waals surface area contributed by atoms with Crippen LogP contribution in [0.3, 0.4) is 0 Å². The summed E-state index contributed by atoms with van der Waals surface area (Å²) in [6.45, 7) is 4.11. The fraction of sp³-hybridized carbons (Fsp3) is 0.0690. The monoisotopic (exact) mass is 527 g/mol. The second kappa shape index (κ2) is 9.75. The second-order valence-corrected chi connectivity index (χ2v) is 10.1. The van der Waals surface area contributed by atoms with Gasteiger partial charge in [-0.15, -0.1) is 11.3 Å². The zero-order valence-corrected chi connectivity index (χ0v) is 21.7. The van der Waals surface area contributed by atoms with Crippen LogP contribution in [-0.4, -0.2) is 10.9 Å². The van der Waals surface area contributed by atoms with Crippen LogP contribution in [0.5, 0.6) is 0 Å². The summed E-state index contributed by atoms with van der Waals surface area (Å²) >= 11 is 13.7. The van der Waals surface area contributed by atoms with E-state index in [2.05, 4.69) is 37.4 Å². The molecule has 0 aliphatic carbocycles. The van der Waals surface area contributed by atoms with Crippen molar-refractivity contribution >= 4 is 56.3 Å². The van der Waals surface area contributed by atoms with Crippen molar-refractivity contribution in [1.82, 2.24) is 4.98 Å². The molecule has 0 saturated heterocycles. The lowest BCUT2D eigenvalue weighted by molar-refractivity contribution is 0.102. The third kappa shape index (κ3) is 4.47. The average molecular weight is 528 g/mol. The van der Waals surface area contributed by atoms with E-state index in [4.69, 9.17) is 28.2 Å². The number of halogens is 2. The Labute approximate surface area is 222 Å². The van der Waals surface area contributed by atoms with E-state index in [0.29, 0.717) is 43.0 Å². The number of pyridine rings is 1. The van der Waals surface area contributed by atoms with Gasteiger partial charge in [-0.3, -0.25) is 4.79 Å². The summed E-state index contributed by atoms with van der Waals surface area (Å²) in [5.41, 5.74) is 6.88. The number of nitrogens with zero attached hydrogens (tertiary/aromatic N) is 2. The molecule has 3 aromatic carbocycles. The Balaban J connectivity index is 1.57. The number of amides is 1. The number of nitriles is 1. The number of fused-ring (bicyclic) bond motifs is 1. The lowest BCUT2D eigenvalue weighted by atomic mass is 10.0. The maximum absolute atomic E-state index is 13.6. The molecule has 0 aliphatic heterocycles. The van der Waals surface area contributed by atoms with E-state index in [9.17, 15) is 10.1 Å². The molecule has 1 N–H and O–H groups in total. The summed E-state index contributed by atoms with van der Waals surface area (Å²) in [6.07, 6.45) is 0. The number of rotatable bonds is 4. The average Bonchev–Trinajstić information content (AvgIpc) is 3.26. The van der Waals surface area contributed by atoms with Crippen LogP contribution in [0.2, 0.25) is 10.0 Å². The lowest BCUT2D eigenvalue weighted by Crippen LogP contribution is -2.13. The zero-order chi connectivity index (χ0) is 25.4. The summed E-state index contributed by atoms with van der Waals surface area (Å²) in [7, 11) is 0. The Kier molecular flexibility index (Phi) is 6.51. The number of thiophene rings is 1. The highest BCUT2D eigenvalue weighted by molar-refractivity contribution is 7.15. The number of carbonyl (C=O) groups excluding carboxylic acids is 1. The van der Waals surface area contributed by atoms with Crippen LogP contribution in [0.1, 0.15) is 27.0 Å². The maximum Gasteiger partial charge on any atom is 0.257 e. The van der Waals surface area contributed by atoms with E-state index >= 15 is 0 Å². The quantitative estimate of drug-likeness (QED) is 0.254. The third-order valence-corrected chi connectivity index (χ3v) is 7.56. The second-order valence-electron chi connectivity index (χ2n) is 8.41. The van der Waals surface area contributed by atoms with E-state index in [1.54, 1.807) is 24.3 Å². The minimum atomic E-state index is -0.314. The van der Waals surface area contributed by atoms with Gasteiger partial charge in [-0.2, -0.15) is 5.26 Å². The van der Waals surface area contributed by atoms with Crippen LogP contribution in [0.15, 0.2) is 72.1 Å². The van der Waals surface area contributed by atoms with E-state index in [0.717, 1.165) is 22.0 Å². The van der Waals surface area contributed by atoms with E-state index < -0.39 is 0 Å². The molecule has 36 heavy (non-hydrogen) atoms. The highest BCUT2D eigenvalue weighted by Crippen LogP contribution is 2.39. The number of carbonyl (C=O) groups is 1. The normalized spacial score (nSPS) is 10.9. The van der Waals surface area contributed by atoms with Gasteiger partial charge in [-0.25, -0.2) is 4.98 Å². The first-order valence-electron chi connectivity index (χ1n) is 11.1. The Hall–Kier alpha value is -3.69. The first-order valence-corrected chi connectivity index (χ1v) is 12.7. The Morgan fingerprint density at radius 2 is 1.78 bits per heavy atom. The number of hydrogen-bond acceptors (Lipinski definition) is 4. The van der Waals surface area contributed by atoms with Gasteiger partial charge in [0.15, 0.2) is 0 Å². The topological polar surface area (TPSA) is 65.8 Å². The Morgan fingerprint density at radius 3 is 2.53 bits per heavy atom. The predicted molar refractivity (Wildman–Crippen MR) is 149 cm³/mol. The molecule has 7 heteroatoms. The molecule has 0 aliphatic rings. The molecule has 0 radical (unpaired) electrons. The lowest BCUT2D eigenvalue weighted by Gasteiger charge is -2.11. The maximum atomic E-state index is 13.6. The largest absolute Gasteiger partial charge is 0.312 e. The van der Waals surface area contributed by atoms with Crippen LogP contribution >= 0.6 is 34.5 Å². The van der Waals surface area contributed by atoms with E-state index in [-0.39, 0.29) is 5.91 Å². The summed E-state index contributed by atoms with van der Waals surface area (Å²) < 4.78 is 0. The minimum Gasteiger partial charge on any atom is -0.312 e. The molecule has 176 valence electrons. The van der Waals surface area contributed by atoms with Crippen LogP contribution in [0.25, 0.3) is 33.3 Å². The van der Waals surface area contributed by atoms with Crippen molar-refractivity contribution in [3.8, 4) is 28.5 Å². The van der Waals surface area contributed by atoms with E-state index in [1.165, 1.54) is 16.9 Å². The first-order chi connectivity index (χ1) is 17.4. The third-order valence-electron chi connectivity index (χ3n) is 6.11. The number of hydrogen-bond donors (Lipinski definition) is 1. The molecule has 5 rings (SSSR count). The molecule has 5 aromatic rings.